The number of nitrogens with one attached hydrogen (secondary N) is 1. The first kappa shape index (κ1) is 78.3. The van der Waals surface area contributed by atoms with E-state index < -0.39 is 12.1 Å². The smallest absolute Gasteiger partial charge is 0.305 e. The maximum atomic E-state index is 12.5. The molecule has 0 heterocycles. The molecule has 0 aromatic heterocycles. The van der Waals surface area contributed by atoms with Crippen LogP contribution in [0.2, 0.25) is 0 Å². The lowest BCUT2D eigenvalue weighted by molar-refractivity contribution is -0.143. The summed E-state index contributed by atoms with van der Waals surface area (Å²) in [6, 6.07) is -0.627. The van der Waals surface area contributed by atoms with Crippen molar-refractivity contribution in [2.45, 2.75) is 424 Å². The number of esters is 1. The van der Waals surface area contributed by atoms with Gasteiger partial charge in [0, 0.05) is 12.8 Å². The van der Waals surface area contributed by atoms with Crippen LogP contribution >= 0.6 is 0 Å². The average Bonchev–Trinajstić information content (AvgIpc) is 3.46. The van der Waals surface area contributed by atoms with Gasteiger partial charge in [0.15, 0.2) is 0 Å². The van der Waals surface area contributed by atoms with Gasteiger partial charge in [-0.3, -0.25) is 9.59 Å². The Morgan fingerprint density at radius 3 is 0.887 bits per heavy atom. The highest BCUT2D eigenvalue weighted by atomic mass is 16.5. The molecule has 0 bridgehead atoms. The van der Waals surface area contributed by atoms with Crippen LogP contribution in [-0.2, 0) is 14.3 Å². The maximum Gasteiger partial charge on any atom is 0.305 e. The summed E-state index contributed by atoms with van der Waals surface area (Å²) in [5.74, 6) is -0.0427. The van der Waals surface area contributed by atoms with Gasteiger partial charge < -0.3 is 20.3 Å². The van der Waals surface area contributed by atoms with Crippen molar-refractivity contribution in [3.63, 3.8) is 0 Å². The molecule has 0 spiro atoms. The van der Waals surface area contributed by atoms with Crippen molar-refractivity contribution in [2.75, 3.05) is 13.2 Å². The van der Waals surface area contributed by atoms with Gasteiger partial charge in [-0.2, -0.15) is 0 Å². The average molecular weight is 1130 g/mol. The molecule has 0 rings (SSSR count). The number of rotatable bonds is 69. The molecule has 6 nitrogen and oxygen atoms in total. The quantitative estimate of drug-likeness (QED) is 0.0320. The fourth-order valence-corrected chi connectivity index (χ4v) is 11.6. The van der Waals surface area contributed by atoms with E-state index in [1.165, 1.54) is 347 Å². The second-order valence-corrected chi connectivity index (χ2v) is 25.3. The summed E-state index contributed by atoms with van der Waals surface area (Å²) < 4.78 is 5.50. The predicted molar refractivity (Wildman–Crippen MR) is 352 cm³/mol. The van der Waals surface area contributed by atoms with Crippen LogP contribution in [0.4, 0.5) is 0 Å². The van der Waals surface area contributed by atoms with E-state index in [1.54, 1.807) is 6.08 Å². The van der Waals surface area contributed by atoms with Crippen molar-refractivity contribution >= 4 is 11.9 Å². The normalized spacial score (nSPS) is 12.6. The predicted octanol–water partition coefficient (Wildman–Crippen LogP) is 23.7. The molecule has 0 saturated carbocycles. The topological polar surface area (TPSA) is 95.9 Å². The van der Waals surface area contributed by atoms with Crippen molar-refractivity contribution in [3.05, 3.63) is 24.3 Å². The molecule has 0 radical (unpaired) electrons. The molecule has 80 heavy (non-hydrogen) atoms. The molecule has 0 aliphatic rings. The Hall–Kier alpha value is -1.66. The number of unbranched alkanes of at least 4 members (excludes halogenated alkanes) is 56. The number of aliphatic hydroxyl groups excluding tert-OH is 2. The zero-order chi connectivity index (χ0) is 57.8. The van der Waals surface area contributed by atoms with Crippen molar-refractivity contribution < 1.29 is 24.5 Å². The lowest BCUT2D eigenvalue weighted by Crippen LogP contribution is -2.45. The highest BCUT2D eigenvalue weighted by molar-refractivity contribution is 5.76. The molecule has 0 aromatic carbocycles. The largest absolute Gasteiger partial charge is 0.466 e. The van der Waals surface area contributed by atoms with Crippen LogP contribution in [0.5, 0.6) is 0 Å². The first-order valence-electron chi connectivity index (χ1n) is 36.6. The first-order valence-corrected chi connectivity index (χ1v) is 36.6. The fraction of sp³-hybridized carbons (Fsp3) is 0.919. The van der Waals surface area contributed by atoms with E-state index in [9.17, 15) is 19.8 Å². The van der Waals surface area contributed by atoms with E-state index in [-0.39, 0.29) is 18.5 Å². The highest BCUT2D eigenvalue weighted by Gasteiger charge is 2.18. The van der Waals surface area contributed by atoms with Crippen molar-refractivity contribution in [1.82, 2.24) is 5.32 Å². The molecule has 0 aliphatic carbocycles. The minimum atomic E-state index is -0.844. The van der Waals surface area contributed by atoms with Gasteiger partial charge in [0.25, 0.3) is 0 Å². The summed E-state index contributed by atoms with van der Waals surface area (Å²) >= 11 is 0. The van der Waals surface area contributed by atoms with E-state index >= 15 is 0 Å². The summed E-state index contributed by atoms with van der Waals surface area (Å²) in [4.78, 5) is 24.6. The lowest BCUT2D eigenvalue weighted by atomic mass is 10.0. The molecule has 0 aromatic rings. The third-order valence-corrected chi connectivity index (χ3v) is 17.2. The zero-order valence-electron chi connectivity index (χ0n) is 54.3. The second kappa shape index (κ2) is 69.8. The monoisotopic (exact) mass is 1130 g/mol. The van der Waals surface area contributed by atoms with Crippen LogP contribution in [-0.4, -0.2) is 47.4 Å². The van der Waals surface area contributed by atoms with E-state index in [1.807, 2.05) is 6.08 Å². The Labute approximate surface area is 501 Å². The molecule has 2 atom stereocenters. The van der Waals surface area contributed by atoms with E-state index in [4.69, 9.17) is 4.74 Å². The molecule has 0 saturated heterocycles. The summed E-state index contributed by atoms with van der Waals surface area (Å²) in [7, 11) is 0. The van der Waals surface area contributed by atoms with Gasteiger partial charge in [0.1, 0.15) is 0 Å². The van der Waals surface area contributed by atoms with Crippen LogP contribution in [0.25, 0.3) is 0 Å². The molecular formula is C74H143NO5. The van der Waals surface area contributed by atoms with E-state index in [0.717, 1.165) is 38.5 Å². The van der Waals surface area contributed by atoms with Gasteiger partial charge in [-0.25, -0.2) is 0 Å². The molecular weight excluding hydrogens is 983 g/mol. The number of ether oxygens (including phenoxy) is 1. The highest BCUT2D eigenvalue weighted by Crippen LogP contribution is 2.19. The van der Waals surface area contributed by atoms with Crippen molar-refractivity contribution in [1.29, 1.82) is 0 Å². The lowest BCUT2D eigenvalue weighted by Gasteiger charge is -2.20. The Bertz CT molecular complexity index is 1250. The number of hydrogen-bond donors (Lipinski definition) is 3. The third kappa shape index (κ3) is 65.5. The van der Waals surface area contributed by atoms with Gasteiger partial charge >= 0.3 is 5.97 Å². The molecule has 0 fully saturated rings. The van der Waals surface area contributed by atoms with Crippen LogP contribution in [0.15, 0.2) is 24.3 Å². The van der Waals surface area contributed by atoms with Crippen molar-refractivity contribution in [3.8, 4) is 0 Å². The molecule has 1 amide bonds. The zero-order valence-corrected chi connectivity index (χ0v) is 54.3. The van der Waals surface area contributed by atoms with E-state index in [2.05, 4.69) is 31.3 Å². The SMILES string of the molecule is CCCCCCCCCCCCCCCCCCC/C=C/C(O)C(CO)NC(=O)CCCCCCCCCCCCCCCC/C=C\CCCCCCCCCCCCCCOC(=O)CCCCCCCCCCCCCCCC. The number of hydrogen-bond acceptors (Lipinski definition) is 5. The molecule has 474 valence electrons. The molecule has 6 heteroatoms. The standard InChI is InChI=1S/C74H143NO5/c1-3-5-7-9-11-13-15-17-19-20-33-36-39-42-46-50-54-58-62-66-72(77)71(70-76)75-73(78)67-63-59-55-51-47-43-40-37-34-31-29-27-25-23-21-22-24-26-28-30-32-35-38-41-45-49-53-57-61-65-69-80-74(79)68-64-60-56-52-48-44-18-16-14-12-10-8-6-4-2/h22,24,62,66,71-72,76-77H,3-21,23,25-61,63-65,67-70H2,1-2H3,(H,75,78)/b24-22-,66-62+. The molecule has 0 aliphatic heterocycles. The summed E-state index contributed by atoms with van der Waals surface area (Å²) in [5.41, 5.74) is 0. The maximum absolute atomic E-state index is 12.5. The van der Waals surface area contributed by atoms with Crippen molar-refractivity contribution in [2.24, 2.45) is 0 Å². The van der Waals surface area contributed by atoms with E-state index in [0.29, 0.717) is 19.4 Å². The van der Waals surface area contributed by atoms with Gasteiger partial charge in [-0.1, -0.05) is 366 Å². The summed E-state index contributed by atoms with van der Waals surface area (Å²) in [6.45, 7) is 4.95. The van der Waals surface area contributed by atoms with Gasteiger partial charge in [-0.05, 0) is 57.8 Å². The van der Waals surface area contributed by atoms with Crippen LogP contribution in [0.1, 0.15) is 412 Å². The van der Waals surface area contributed by atoms with Gasteiger partial charge in [0.05, 0.1) is 25.4 Å². The Balaban J connectivity index is 3.38. The minimum absolute atomic E-state index is 0.0198. The number of amides is 1. The Morgan fingerprint density at radius 1 is 0.338 bits per heavy atom. The molecule has 3 N–H and O–H groups in total. The number of carbonyl (C=O) groups excluding carboxylic acids is 2. The second-order valence-electron chi connectivity index (χ2n) is 25.3. The minimum Gasteiger partial charge on any atom is -0.466 e. The van der Waals surface area contributed by atoms with Gasteiger partial charge in [-0.15, -0.1) is 0 Å². The number of allylic oxidation sites excluding steroid dienone is 3. The number of aliphatic hydroxyl groups is 2. The Kier molecular flexibility index (Phi) is 68.4. The number of carbonyl (C=O) groups is 2. The van der Waals surface area contributed by atoms with Crippen LogP contribution < -0.4 is 5.32 Å². The fourth-order valence-electron chi connectivity index (χ4n) is 11.6. The molecule has 2 unspecified atom stereocenters. The van der Waals surface area contributed by atoms with Crippen LogP contribution in [0.3, 0.4) is 0 Å². The third-order valence-electron chi connectivity index (χ3n) is 17.2. The Morgan fingerprint density at radius 2 is 0.588 bits per heavy atom. The summed E-state index contributed by atoms with van der Waals surface area (Å²) in [5, 5.41) is 23.2. The van der Waals surface area contributed by atoms with Gasteiger partial charge in [0.2, 0.25) is 5.91 Å². The first-order chi connectivity index (χ1) is 39.5. The summed E-state index contributed by atoms with van der Waals surface area (Å²) in [6.07, 6.45) is 88.4. The van der Waals surface area contributed by atoms with Crippen LogP contribution in [0, 0.1) is 0 Å².